The molecule has 6 heteroatoms. The van der Waals surface area contributed by atoms with Crippen LogP contribution in [0.25, 0.3) is 6.08 Å². The summed E-state index contributed by atoms with van der Waals surface area (Å²) in [7, 11) is 0. The molecule has 1 rings (SSSR count). The summed E-state index contributed by atoms with van der Waals surface area (Å²) in [5, 5.41) is 29.0. The van der Waals surface area contributed by atoms with Gasteiger partial charge in [0.15, 0.2) is 0 Å². The summed E-state index contributed by atoms with van der Waals surface area (Å²) in [6.07, 6.45) is 3.62. The Bertz CT molecular complexity index is 493. The summed E-state index contributed by atoms with van der Waals surface area (Å²) in [5.74, 6) is 0.260. The maximum Gasteiger partial charge on any atom is 0.294 e. The molecule has 0 saturated heterocycles. The van der Waals surface area contributed by atoms with Gasteiger partial charge in [-0.25, -0.2) is 0 Å². The second-order valence-corrected chi connectivity index (χ2v) is 4.23. The first-order valence-electron chi connectivity index (χ1n) is 5.81. The van der Waals surface area contributed by atoms with Crippen LogP contribution >= 0.6 is 0 Å². The van der Waals surface area contributed by atoms with E-state index in [-0.39, 0.29) is 18.1 Å². The minimum Gasteiger partial charge on any atom is -0.507 e. The Labute approximate surface area is 111 Å². The predicted molar refractivity (Wildman–Crippen MR) is 70.6 cm³/mol. The average Bonchev–Trinajstić information content (AvgIpc) is 2.37. The lowest BCUT2D eigenvalue weighted by molar-refractivity contribution is -0.757. The molecular weight excluding hydrogens is 250 g/mol. The lowest BCUT2D eigenvalue weighted by Gasteiger charge is -2.13. The van der Waals surface area contributed by atoms with Crippen LogP contribution in [0.4, 0.5) is 0 Å². The number of rotatable bonds is 5. The van der Waals surface area contributed by atoms with E-state index in [0.717, 1.165) is 0 Å². The normalized spacial score (nSPS) is 10.9. The Kier molecular flexibility index (Phi) is 4.74. The third-order valence-corrected chi connectivity index (χ3v) is 3.05. The van der Waals surface area contributed by atoms with E-state index in [4.69, 9.17) is 0 Å². The number of hydrogen-bond donors (Lipinski definition) is 2. The van der Waals surface area contributed by atoms with Crippen molar-refractivity contribution in [2.24, 2.45) is 0 Å². The van der Waals surface area contributed by atoms with Crippen molar-refractivity contribution in [2.45, 2.75) is 27.2 Å². The van der Waals surface area contributed by atoms with Gasteiger partial charge in [-0.15, -0.1) is 10.1 Å². The lowest BCUT2D eigenvalue weighted by Crippen LogP contribution is -2.00. The van der Waals surface area contributed by atoms with Gasteiger partial charge in [-0.05, 0) is 38.3 Å². The topological polar surface area (TPSA) is 92.8 Å². The fourth-order valence-corrected chi connectivity index (χ4v) is 1.74. The van der Waals surface area contributed by atoms with Crippen LogP contribution in [0.1, 0.15) is 28.7 Å². The highest BCUT2D eigenvalue weighted by atomic mass is 16.9. The Morgan fingerprint density at radius 1 is 1.16 bits per heavy atom. The second kappa shape index (κ2) is 6.08. The molecule has 0 aliphatic heterocycles. The first kappa shape index (κ1) is 14.8. The molecule has 1 aromatic rings. The van der Waals surface area contributed by atoms with Crippen molar-refractivity contribution in [1.29, 1.82) is 0 Å². The molecule has 1 aromatic carbocycles. The van der Waals surface area contributed by atoms with Gasteiger partial charge in [0.1, 0.15) is 11.5 Å². The van der Waals surface area contributed by atoms with Crippen LogP contribution in [0.2, 0.25) is 0 Å². The zero-order chi connectivity index (χ0) is 14.6. The Balaban J connectivity index is 2.90. The van der Waals surface area contributed by atoms with E-state index in [0.29, 0.717) is 28.7 Å². The van der Waals surface area contributed by atoms with Gasteiger partial charge in [-0.2, -0.15) is 0 Å². The highest BCUT2D eigenvalue weighted by Crippen LogP contribution is 2.36. The molecule has 0 bridgehead atoms. The van der Waals surface area contributed by atoms with Gasteiger partial charge < -0.3 is 15.1 Å². The fourth-order valence-electron chi connectivity index (χ4n) is 1.74. The molecule has 0 radical (unpaired) electrons. The van der Waals surface area contributed by atoms with Crippen LogP contribution < -0.4 is 0 Å². The van der Waals surface area contributed by atoms with E-state index in [2.05, 4.69) is 4.84 Å². The molecule has 0 saturated carbocycles. The number of phenols is 2. The highest BCUT2D eigenvalue weighted by Gasteiger charge is 2.14. The molecular formula is C13H17NO5. The van der Waals surface area contributed by atoms with Crippen molar-refractivity contribution in [3.8, 4) is 11.5 Å². The van der Waals surface area contributed by atoms with E-state index >= 15 is 0 Å². The van der Waals surface area contributed by atoms with Crippen molar-refractivity contribution >= 4 is 6.08 Å². The highest BCUT2D eigenvalue weighted by molar-refractivity contribution is 5.68. The van der Waals surface area contributed by atoms with Gasteiger partial charge in [-0.3, -0.25) is 0 Å². The van der Waals surface area contributed by atoms with Gasteiger partial charge >= 0.3 is 0 Å². The summed E-state index contributed by atoms with van der Waals surface area (Å²) in [6.45, 7) is 5.11. The smallest absolute Gasteiger partial charge is 0.294 e. The molecule has 2 N–H and O–H groups in total. The molecule has 104 valence electrons. The van der Waals surface area contributed by atoms with Crippen LogP contribution in [0.5, 0.6) is 11.5 Å². The molecule has 0 heterocycles. The van der Waals surface area contributed by atoms with Gasteiger partial charge in [0.25, 0.3) is 5.09 Å². The minimum atomic E-state index is -0.849. The Morgan fingerprint density at radius 2 is 1.74 bits per heavy atom. The van der Waals surface area contributed by atoms with Crippen molar-refractivity contribution in [3.63, 3.8) is 0 Å². The largest absolute Gasteiger partial charge is 0.507 e. The number of hydrogen-bond acceptors (Lipinski definition) is 5. The zero-order valence-electron chi connectivity index (χ0n) is 11.1. The average molecular weight is 267 g/mol. The predicted octanol–water partition coefficient (Wildman–Crippen LogP) is 2.63. The van der Waals surface area contributed by atoms with Crippen LogP contribution in [0, 0.1) is 30.9 Å². The van der Waals surface area contributed by atoms with E-state index in [1.165, 1.54) is 0 Å². The Hall–Kier alpha value is -2.24. The van der Waals surface area contributed by atoms with E-state index < -0.39 is 5.09 Å². The van der Waals surface area contributed by atoms with Gasteiger partial charge in [0, 0.05) is 11.1 Å². The first-order valence-corrected chi connectivity index (χ1v) is 5.81. The van der Waals surface area contributed by atoms with Gasteiger partial charge in [0.2, 0.25) is 0 Å². The standard InChI is InChI=1S/C13H17NO5/c1-8-9(2)13(16)11(10(3)12(8)15)6-4-5-7-19-14(17)18/h4,6,15-16H,5,7H2,1-3H3/b6-4+. The molecule has 0 aromatic heterocycles. The third kappa shape index (κ3) is 3.37. The molecule has 6 nitrogen and oxygen atoms in total. The van der Waals surface area contributed by atoms with Crippen molar-refractivity contribution in [3.05, 3.63) is 38.4 Å². The maximum absolute atomic E-state index is 10.0. The summed E-state index contributed by atoms with van der Waals surface area (Å²) < 4.78 is 0. The first-order chi connectivity index (χ1) is 8.86. The van der Waals surface area contributed by atoms with E-state index in [1.807, 2.05) is 0 Å². The van der Waals surface area contributed by atoms with Crippen LogP contribution in [-0.4, -0.2) is 21.9 Å². The Morgan fingerprint density at radius 3 is 2.32 bits per heavy atom. The molecule has 0 spiro atoms. The van der Waals surface area contributed by atoms with E-state index in [1.54, 1.807) is 32.9 Å². The van der Waals surface area contributed by atoms with Crippen LogP contribution in [0.15, 0.2) is 6.08 Å². The third-order valence-electron chi connectivity index (χ3n) is 3.05. The molecule has 0 atom stereocenters. The quantitative estimate of drug-likeness (QED) is 0.370. The van der Waals surface area contributed by atoms with Gasteiger partial charge in [-0.1, -0.05) is 12.2 Å². The number of aromatic hydroxyl groups is 2. The lowest BCUT2D eigenvalue weighted by atomic mass is 9.97. The number of phenolic OH excluding ortho intramolecular Hbond substituents is 2. The minimum absolute atomic E-state index is 0.0415. The summed E-state index contributed by atoms with van der Waals surface area (Å²) in [5.41, 5.74) is 2.35. The van der Waals surface area contributed by atoms with Crippen LogP contribution in [0.3, 0.4) is 0 Å². The molecule has 0 aliphatic rings. The molecule has 0 fully saturated rings. The monoisotopic (exact) mass is 267 g/mol. The number of nitrogens with zero attached hydrogens (tertiary/aromatic N) is 1. The molecule has 19 heavy (non-hydrogen) atoms. The van der Waals surface area contributed by atoms with Crippen molar-refractivity contribution < 1.29 is 20.1 Å². The molecule has 0 unspecified atom stereocenters. The summed E-state index contributed by atoms with van der Waals surface area (Å²) in [4.78, 5) is 14.1. The fraction of sp³-hybridized carbons (Fsp3) is 0.385. The second-order valence-electron chi connectivity index (χ2n) is 4.23. The molecule has 0 aliphatic carbocycles. The zero-order valence-corrected chi connectivity index (χ0v) is 11.1. The summed E-state index contributed by atoms with van der Waals surface area (Å²) in [6, 6.07) is 0. The van der Waals surface area contributed by atoms with Gasteiger partial charge in [0.05, 0.1) is 6.61 Å². The molecule has 0 amide bonds. The maximum atomic E-state index is 10.0. The van der Waals surface area contributed by atoms with Crippen LogP contribution in [-0.2, 0) is 4.84 Å². The van der Waals surface area contributed by atoms with Crippen molar-refractivity contribution in [2.75, 3.05) is 6.61 Å². The SMILES string of the molecule is Cc1c(C)c(O)c(/C=C/CCO[N+](=O)[O-])c(C)c1O. The van der Waals surface area contributed by atoms with Crippen molar-refractivity contribution in [1.82, 2.24) is 0 Å². The summed E-state index contributed by atoms with van der Waals surface area (Å²) >= 11 is 0. The van der Waals surface area contributed by atoms with E-state index in [9.17, 15) is 20.3 Å². The number of benzene rings is 1.